The molecule has 2 N–H and O–H groups in total. The fraction of sp³-hybridized carbons (Fsp3) is 0.531. The Kier molecular flexibility index (Phi) is 6.49. The number of nitrogens with one attached hydrogen (secondary N) is 1. The highest BCUT2D eigenvalue weighted by Crippen LogP contribution is 2.66. The Hall–Kier alpha value is -3.38. The van der Waals surface area contributed by atoms with Crippen LogP contribution in [-0.2, 0) is 22.8 Å². The van der Waals surface area contributed by atoms with Gasteiger partial charge in [-0.05, 0) is 37.1 Å². The van der Waals surface area contributed by atoms with Crippen molar-refractivity contribution >= 4 is 5.91 Å². The van der Waals surface area contributed by atoms with Gasteiger partial charge in [0.25, 0.3) is 5.91 Å². The van der Waals surface area contributed by atoms with Gasteiger partial charge in [0, 0.05) is 53.4 Å². The molecule has 2 aromatic carbocycles. The number of rotatable bonds is 4. The lowest BCUT2D eigenvalue weighted by Gasteiger charge is -2.62. The predicted octanol–water partition coefficient (Wildman–Crippen LogP) is 4.80. The molecule has 1 unspecified atom stereocenters. The molecule has 2 aliphatic carbocycles. The smallest absolute Gasteiger partial charge is 0.416 e. The Morgan fingerprint density at radius 3 is 2.66 bits per heavy atom. The number of carbonyl (C=O) groups is 1. The Balaban J connectivity index is 1.32. The highest BCUT2D eigenvalue weighted by molar-refractivity contribution is 5.94. The number of nitrogens with zero attached hydrogens (tertiary/aromatic N) is 1. The number of halogens is 3. The van der Waals surface area contributed by atoms with Gasteiger partial charge >= 0.3 is 6.18 Å². The summed E-state index contributed by atoms with van der Waals surface area (Å²) in [5.74, 6) is 7.02. The monoisotopic (exact) mass is 569 g/mol. The third-order valence-corrected chi connectivity index (χ3v) is 9.93. The van der Waals surface area contributed by atoms with E-state index in [0.717, 1.165) is 66.5 Å². The number of hydrogen-bond acceptors (Lipinski definition) is 4. The number of likely N-dealkylation sites (tertiary alicyclic amines) is 1. The van der Waals surface area contributed by atoms with E-state index in [1.807, 2.05) is 0 Å². The molecule has 1 amide bonds. The zero-order valence-corrected chi connectivity index (χ0v) is 23.8. The van der Waals surface area contributed by atoms with Crippen LogP contribution in [0.1, 0.15) is 55.4 Å². The molecular formula is C32H36F3N2O4+. The maximum absolute atomic E-state index is 13.0. The van der Waals surface area contributed by atoms with E-state index in [1.54, 1.807) is 13.2 Å². The van der Waals surface area contributed by atoms with Crippen molar-refractivity contribution in [2.24, 2.45) is 11.8 Å². The molecule has 41 heavy (non-hydrogen) atoms. The van der Waals surface area contributed by atoms with Gasteiger partial charge in [-0.3, -0.25) is 4.79 Å². The minimum atomic E-state index is -4.43. The number of benzene rings is 2. The van der Waals surface area contributed by atoms with Gasteiger partial charge in [-0.2, -0.15) is 13.2 Å². The van der Waals surface area contributed by atoms with Crippen LogP contribution in [-0.4, -0.2) is 60.9 Å². The largest absolute Gasteiger partial charge is 0.508 e. The van der Waals surface area contributed by atoms with E-state index < -0.39 is 17.6 Å². The summed E-state index contributed by atoms with van der Waals surface area (Å²) < 4.78 is 51.9. The molecule has 2 aromatic rings. The molecule has 2 bridgehead atoms. The first kappa shape index (κ1) is 27.8. The standard InChI is InChI=1S/C32H35F3N2O4/c1-18(2)17-37(3)14-13-31-22-10-11-23(36-27(39)12-7-19-5-8-20(9-6-19)32(33,34)35)30(31)41-29-26(40-4)16-25(38)21(28(29)31)15-24(22)37/h5-6,8-9,16,18,22-24,30H,10-11,13-15,17H2,1-4H3,(H-,36,38,39)/p+1/t22-,23+,24+,30-,31-,37?/m0/s1. The average Bonchev–Trinajstić information content (AvgIpc) is 3.26. The first-order valence-electron chi connectivity index (χ1n) is 14.3. The second-order valence-corrected chi connectivity index (χ2v) is 12.7. The summed E-state index contributed by atoms with van der Waals surface area (Å²) in [7, 11) is 3.91. The minimum Gasteiger partial charge on any atom is -0.508 e. The summed E-state index contributed by atoms with van der Waals surface area (Å²) in [4.78, 5) is 13.0. The zero-order valence-electron chi connectivity index (χ0n) is 23.8. The molecule has 6 atom stereocenters. The van der Waals surface area contributed by atoms with Gasteiger partial charge in [0.05, 0.1) is 50.3 Å². The predicted molar refractivity (Wildman–Crippen MR) is 147 cm³/mol. The van der Waals surface area contributed by atoms with E-state index in [0.29, 0.717) is 34.9 Å². The van der Waals surface area contributed by atoms with Crippen LogP contribution in [0.3, 0.4) is 0 Å². The average molecular weight is 570 g/mol. The lowest BCUT2D eigenvalue weighted by Crippen LogP contribution is -2.73. The Morgan fingerprint density at radius 2 is 2.00 bits per heavy atom. The Morgan fingerprint density at radius 1 is 1.27 bits per heavy atom. The van der Waals surface area contributed by atoms with Gasteiger partial charge in [0.2, 0.25) is 0 Å². The van der Waals surface area contributed by atoms with Crippen LogP contribution in [0.15, 0.2) is 30.3 Å². The van der Waals surface area contributed by atoms with Crippen LogP contribution in [0.2, 0.25) is 0 Å². The number of alkyl halides is 3. The Labute approximate surface area is 238 Å². The molecule has 1 saturated carbocycles. The van der Waals surface area contributed by atoms with Crippen molar-refractivity contribution in [3.63, 3.8) is 0 Å². The maximum Gasteiger partial charge on any atom is 0.416 e. The molecule has 1 spiro atoms. The fourth-order valence-electron chi connectivity index (χ4n) is 8.50. The van der Waals surface area contributed by atoms with Crippen molar-refractivity contribution in [2.45, 2.75) is 69.3 Å². The van der Waals surface area contributed by atoms with Crippen LogP contribution < -0.4 is 14.8 Å². The first-order valence-corrected chi connectivity index (χ1v) is 14.3. The van der Waals surface area contributed by atoms with E-state index in [9.17, 15) is 23.1 Å². The molecule has 6 nitrogen and oxygen atoms in total. The van der Waals surface area contributed by atoms with Gasteiger partial charge < -0.3 is 24.4 Å². The molecule has 2 fully saturated rings. The summed E-state index contributed by atoms with van der Waals surface area (Å²) in [6, 6.07) is 6.11. The number of ether oxygens (including phenoxy) is 2. The molecule has 9 heteroatoms. The van der Waals surface area contributed by atoms with Crippen LogP contribution in [0.5, 0.6) is 17.2 Å². The van der Waals surface area contributed by atoms with E-state index >= 15 is 0 Å². The minimum absolute atomic E-state index is 0.235. The summed E-state index contributed by atoms with van der Waals surface area (Å²) in [6.07, 6.45) is -1.48. The van der Waals surface area contributed by atoms with Gasteiger partial charge in [0.1, 0.15) is 11.9 Å². The summed E-state index contributed by atoms with van der Waals surface area (Å²) in [6.45, 7) is 6.54. The van der Waals surface area contributed by atoms with Crippen LogP contribution in [0.4, 0.5) is 13.2 Å². The summed E-state index contributed by atoms with van der Waals surface area (Å²) in [5, 5.41) is 14.2. The molecule has 0 radical (unpaired) electrons. The highest BCUT2D eigenvalue weighted by Gasteiger charge is 2.69. The van der Waals surface area contributed by atoms with Crippen molar-refractivity contribution in [1.29, 1.82) is 0 Å². The first-order chi connectivity index (χ1) is 19.4. The van der Waals surface area contributed by atoms with Crippen LogP contribution in [0, 0.1) is 23.7 Å². The maximum atomic E-state index is 13.0. The zero-order chi connectivity index (χ0) is 29.3. The normalized spacial score (nSPS) is 31.0. The molecule has 0 aromatic heterocycles. The van der Waals surface area contributed by atoms with E-state index in [4.69, 9.17) is 9.47 Å². The van der Waals surface area contributed by atoms with Crippen molar-refractivity contribution in [2.75, 3.05) is 27.2 Å². The van der Waals surface area contributed by atoms with Crippen molar-refractivity contribution in [3.8, 4) is 29.1 Å². The summed E-state index contributed by atoms with van der Waals surface area (Å²) in [5.41, 5.74) is 1.20. The number of carbonyl (C=O) groups excluding carboxylic acids is 1. The lowest BCUT2D eigenvalue weighted by molar-refractivity contribution is -0.947. The van der Waals surface area contributed by atoms with Gasteiger partial charge in [-0.1, -0.05) is 19.8 Å². The number of aromatic hydroxyl groups is 1. The van der Waals surface area contributed by atoms with Gasteiger partial charge in [-0.15, -0.1) is 0 Å². The number of methoxy groups -OCH3 is 1. The molecule has 2 aliphatic heterocycles. The SMILES string of the molecule is COc1cc(O)c2c3c1O[C@H]1[C@H](NC(=O)C#Cc4ccc(C(F)(F)F)cc4)CC[C@H]4[C@@H](C2)[N+](C)(CC(C)C)CC[C@@]341. The van der Waals surface area contributed by atoms with Crippen molar-refractivity contribution in [1.82, 2.24) is 5.32 Å². The molecule has 4 aliphatic rings. The number of likely N-dealkylation sites (N-methyl/N-ethyl adjacent to an activating group) is 1. The van der Waals surface area contributed by atoms with Crippen LogP contribution >= 0.6 is 0 Å². The van der Waals surface area contributed by atoms with E-state index in [-0.39, 0.29) is 23.3 Å². The number of phenols is 1. The van der Waals surface area contributed by atoms with E-state index in [1.165, 1.54) is 12.1 Å². The Bertz CT molecular complexity index is 1440. The molecule has 218 valence electrons. The number of hydrogen-bond donors (Lipinski definition) is 2. The second-order valence-electron chi connectivity index (χ2n) is 12.7. The fourth-order valence-corrected chi connectivity index (χ4v) is 8.50. The molecule has 2 heterocycles. The number of amides is 1. The van der Waals surface area contributed by atoms with Crippen LogP contribution in [0.25, 0.3) is 0 Å². The molecule has 6 rings (SSSR count). The van der Waals surface area contributed by atoms with Crippen molar-refractivity contribution < 1.29 is 37.0 Å². The topological polar surface area (TPSA) is 67.8 Å². The third kappa shape index (κ3) is 4.34. The number of quaternary nitrogens is 1. The number of piperidine rings is 1. The summed E-state index contributed by atoms with van der Waals surface area (Å²) >= 11 is 0. The molecule has 1 saturated heterocycles. The second kappa shape index (κ2) is 9.59. The highest BCUT2D eigenvalue weighted by atomic mass is 19.4. The van der Waals surface area contributed by atoms with E-state index in [2.05, 4.69) is 38.1 Å². The van der Waals surface area contributed by atoms with Crippen molar-refractivity contribution in [3.05, 3.63) is 52.6 Å². The lowest BCUT2D eigenvalue weighted by atomic mass is 9.50. The third-order valence-electron chi connectivity index (χ3n) is 9.93. The number of phenolic OH excluding ortho intramolecular Hbond substituents is 1. The quantitative estimate of drug-likeness (QED) is 0.410. The van der Waals surface area contributed by atoms with Gasteiger partial charge in [-0.25, -0.2) is 0 Å². The molecular weight excluding hydrogens is 533 g/mol. The van der Waals surface area contributed by atoms with Gasteiger partial charge in [0.15, 0.2) is 11.5 Å².